The summed E-state index contributed by atoms with van der Waals surface area (Å²) in [5, 5.41) is 0.222. The Morgan fingerprint density at radius 2 is 2.19 bits per heavy atom. The second-order valence-corrected chi connectivity index (χ2v) is 4.06. The number of hydrogen-bond acceptors (Lipinski definition) is 3. The molecule has 0 saturated carbocycles. The second-order valence-electron chi connectivity index (χ2n) is 3.02. The van der Waals surface area contributed by atoms with Crippen LogP contribution >= 0.6 is 28.6 Å². The van der Waals surface area contributed by atoms with Gasteiger partial charge in [-0.1, -0.05) is 15.9 Å². The third kappa shape index (κ3) is 4.09. The number of ketones is 1. The molecule has 0 unspecified atom stereocenters. The quantitative estimate of drug-likeness (QED) is 0.668. The van der Waals surface area contributed by atoms with Crippen LogP contribution < -0.4 is 4.74 Å². The van der Waals surface area contributed by atoms with Gasteiger partial charge in [-0.15, -0.1) is 12.6 Å². The van der Waals surface area contributed by atoms with Crippen molar-refractivity contribution in [2.24, 2.45) is 0 Å². The van der Waals surface area contributed by atoms with Crippen molar-refractivity contribution >= 4 is 34.3 Å². The lowest BCUT2D eigenvalue weighted by Gasteiger charge is -2.08. The van der Waals surface area contributed by atoms with Crippen LogP contribution in [0.2, 0.25) is 0 Å². The minimum Gasteiger partial charge on any atom is -0.435 e. The van der Waals surface area contributed by atoms with Crippen molar-refractivity contribution in [3.8, 4) is 5.75 Å². The lowest BCUT2D eigenvalue weighted by Crippen LogP contribution is -2.06. The average Bonchev–Trinajstić information content (AvgIpc) is 2.22. The van der Waals surface area contributed by atoms with Crippen LogP contribution in [-0.4, -0.2) is 17.7 Å². The van der Waals surface area contributed by atoms with Crippen LogP contribution in [0.5, 0.6) is 5.75 Å². The van der Waals surface area contributed by atoms with Gasteiger partial charge < -0.3 is 4.74 Å². The summed E-state index contributed by atoms with van der Waals surface area (Å²) in [6.07, 6.45) is 0.143. The largest absolute Gasteiger partial charge is 0.435 e. The molecule has 0 aliphatic heterocycles. The lowest BCUT2D eigenvalue weighted by molar-refractivity contribution is -0.115. The van der Waals surface area contributed by atoms with Crippen molar-refractivity contribution < 1.29 is 18.3 Å². The number of halogens is 3. The Morgan fingerprint density at radius 3 is 2.75 bits per heavy atom. The SMILES string of the molecule is O=C(CBr)Cc1cc(OC(F)F)ccc1S. The molecule has 0 atom stereocenters. The van der Waals surface area contributed by atoms with Gasteiger partial charge in [0.25, 0.3) is 0 Å². The third-order valence-corrected chi connectivity index (χ3v) is 2.87. The summed E-state index contributed by atoms with van der Waals surface area (Å²) in [6.45, 7) is -2.87. The molecule has 0 fully saturated rings. The van der Waals surface area contributed by atoms with E-state index in [2.05, 4.69) is 33.3 Å². The molecule has 16 heavy (non-hydrogen) atoms. The van der Waals surface area contributed by atoms with Gasteiger partial charge in [0.15, 0.2) is 0 Å². The number of ether oxygens (including phenoxy) is 1. The van der Waals surface area contributed by atoms with Gasteiger partial charge in [-0.25, -0.2) is 0 Å². The number of hydrogen-bond donors (Lipinski definition) is 1. The molecule has 2 nitrogen and oxygen atoms in total. The number of rotatable bonds is 5. The number of benzene rings is 1. The van der Waals surface area contributed by atoms with Crippen molar-refractivity contribution in [2.45, 2.75) is 17.9 Å². The molecule has 1 aromatic carbocycles. The zero-order valence-electron chi connectivity index (χ0n) is 8.12. The summed E-state index contributed by atoms with van der Waals surface area (Å²) in [4.78, 5) is 11.8. The zero-order valence-corrected chi connectivity index (χ0v) is 10.6. The molecular formula is C10H9BrF2O2S. The first-order valence-corrected chi connectivity index (χ1v) is 5.94. The highest BCUT2D eigenvalue weighted by Crippen LogP contribution is 2.22. The van der Waals surface area contributed by atoms with E-state index < -0.39 is 6.61 Å². The Bertz CT molecular complexity index is 385. The van der Waals surface area contributed by atoms with E-state index in [1.807, 2.05) is 0 Å². The Labute approximate surface area is 106 Å². The highest BCUT2D eigenvalue weighted by atomic mass is 79.9. The van der Waals surface area contributed by atoms with Crippen molar-refractivity contribution in [3.05, 3.63) is 23.8 Å². The van der Waals surface area contributed by atoms with Gasteiger partial charge >= 0.3 is 6.61 Å². The maximum atomic E-state index is 12.0. The molecule has 0 spiro atoms. The van der Waals surface area contributed by atoms with Crippen LogP contribution in [0.25, 0.3) is 0 Å². The topological polar surface area (TPSA) is 26.3 Å². The van der Waals surface area contributed by atoms with Crippen molar-refractivity contribution in [1.29, 1.82) is 0 Å². The van der Waals surface area contributed by atoms with E-state index >= 15 is 0 Å². The molecule has 0 N–H and O–H groups in total. The monoisotopic (exact) mass is 310 g/mol. The Kier molecular flexibility index (Phi) is 5.21. The molecular weight excluding hydrogens is 302 g/mol. The Hall–Kier alpha value is -0.620. The zero-order chi connectivity index (χ0) is 12.1. The summed E-state index contributed by atoms with van der Waals surface area (Å²) in [5.41, 5.74) is 0.575. The fraction of sp³-hybridized carbons (Fsp3) is 0.300. The minimum absolute atomic E-state index is 0.0326. The molecule has 1 rings (SSSR count). The first-order chi connectivity index (χ1) is 7.52. The maximum absolute atomic E-state index is 12.0. The molecule has 0 heterocycles. The van der Waals surface area contributed by atoms with Crippen LogP contribution in [0, 0.1) is 0 Å². The van der Waals surface area contributed by atoms with Crippen molar-refractivity contribution in [3.63, 3.8) is 0 Å². The number of thiol groups is 1. The summed E-state index contributed by atoms with van der Waals surface area (Å²) >= 11 is 7.17. The van der Waals surface area contributed by atoms with Crippen LogP contribution in [0.4, 0.5) is 8.78 Å². The predicted molar refractivity (Wildman–Crippen MR) is 62.8 cm³/mol. The van der Waals surface area contributed by atoms with Gasteiger partial charge in [0, 0.05) is 11.3 Å². The standard InChI is InChI=1S/C10H9BrF2O2S/c11-5-7(14)3-6-4-8(15-10(12)13)1-2-9(6)16/h1-2,4,10,16H,3,5H2. The first kappa shape index (κ1) is 13.4. The normalized spacial score (nSPS) is 10.6. The van der Waals surface area contributed by atoms with E-state index in [4.69, 9.17) is 0 Å². The molecule has 88 valence electrons. The van der Waals surface area contributed by atoms with E-state index in [1.165, 1.54) is 18.2 Å². The second kappa shape index (κ2) is 6.20. The summed E-state index contributed by atoms with van der Waals surface area (Å²) in [5.74, 6) is -0.0188. The van der Waals surface area contributed by atoms with Gasteiger partial charge in [-0.05, 0) is 23.8 Å². The number of carbonyl (C=O) groups is 1. The summed E-state index contributed by atoms with van der Waals surface area (Å²) < 4.78 is 28.2. The van der Waals surface area contributed by atoms with Crippen LogP contribution in [0.1, 0.15) is 5.56 Å². The molecule has 0 saturated heterocycles. The van der Waals surface area contributed by atoms with Crippen LogP contribution in [0.15, 0.2) is 23.1 Å². The van der Waals surface area contributed by atoms with Crippen molar-refractivity contribution in [2.75, 3.05) is 5.33 Å². The molecule has 1 aromatic rings. The number of alkyl halides is 3. The summed E-state index contributed by atoms with van der Waals surface area (Å²) in [6, 6.07) is 4.31. The van der Waals surface area contributed by atoms with E-state index in [-0.39, 0.29) is 23.3 Å². The fourth-order valence-electron chi connectivity index (χ4n) is 1.14. The highest BCUT2D eigenvalue weighted by molar-refractivity contribution is 9.09. The molecule has 0 aliphatic carbocycles. The predicted octanol–water partition coefficient (Wildman–Crippen LogP) is 3.08. The Balaban J connectivity index is 2.86. The number of Topliss-reactive ketones (excluding diaryl/α,β-unsaturated/α-hetero) is 1. The van der Waals surface area contributed by atoms with Gasteiger partial charge in [0.2, 0.25) is 0 Å². The minimum atomic E-state index is -2.87. The Morgan fingerprint density at radius 1 is 1.50 bits per heavy atom. The fourth-order valence-corrected chi connectivity index (χ4v) is 1.56. The maximum Gasteiger partial charge on any atom is 0.387 e. The van der Waals surface area contributed by atoms with E-state index in [1.54, 1.807) is 0 Å². The van der Waals surface area contributed by atoms with Crippen LogP contribution in [0.3, 0.4) is 0 Å². The number of carbonyl (C=O) groups excluding carboxylic acids is 1. The first-order valence-electron chi connectivity index (χ1n) is 4.37. The van der Waals surface area contributed by atoms with Gasteiger partial charge in [-0.3, -0.25) is 4.79 Å². The lowest BCUT2D eigenvalue weighted by atomic mass is 10.1. The molecule has 0 radical (unpaired) electrons. The highest BCUT2D eigenvalue weighted by Gasteiger charge is 2.09. The molecule has 0 bridgehead atoms. The van der Waals surface area contributed by atoms with E-state index in [9.17, 15) is 13.6 Å². The summed E-state index contributed by atoms with van der Waals surface area (Å²) in [7, 11) is 0. The molecule has 0 aliphatic rings. The smallest absolute Gasteiger partial charge is 0.387 e. The molecule has 6 heteroatoms. The van der Waals surface area contributed by atoms with Crippen LogP contribution in [-0.2, 0) is 11.2 Å². The van der Waals surface area contributed by atoms with E-state index in [0.29, 0.717) is 10.5 Å². The molecule has 0 amide bonds. The molecule has 0 aromatic heterocycles. The van der Waals surface area contributed by atoms with Gasteiger partial charge in [-0.2, -0.15) is 8.78 Å². The van der Waals surface area contributed by atoms with Crippen molar-refractivity contribution in [1.82, 2.24) is 0 Å². The third-order valence-electron chi connectivity index (χ3n) is 1.81. The average molecular weight is 311 g/mol. The van der Waals surface area contributed by atoms with Gasteiger partial charge in [0.1, 0.15) is 11.5 Å². The van der Waals surface area contributed by atoms with E-state index in [0.717, 1.165) is 0 Å². The van der Waals surface area contributed by atoms with Gasteiger partial charge in [0.05, 0.1) is 5.33 Å².